The molecule has 0 aromatic carbocycles. The summed E-state index contributed by atoms with van der Waals surface area (Å²) in [5, 5.41) is 25.6. The lowest BCUT2D eigenvalue weighted by Gasteiger charge is -2.73. The monoisotopic (exact) mass is 765 g/mol. The van der Waals surface area contributed by atoms with Crippen LogP contribution in [0.2, 0.25) is 0 Å². The highest BCUT2D eigenvalue weighted by Gasteiger charge is 2.76. The largest absolute Gasteiger partial charge is 0.481 e. The zero-order valence-corrected chi connectivity index (χ0v) is 37.6. The summed E-state index contributed by atoms with van der Waals surface area (Å²) in [6, 6.07) is 0. The molecule has 0 aliphatic carbocycles. The Morgan fingerprint density at radius 1 is 0.537 bits per heavy atom. The Balaban J connectivity index is 2.51. The van der Waals surface area contributed by atoms with Gasteiger partial charge in [-0.2, -0.15) is 10.1 Å². The summed E-state index contributed by atoms with van der Waals surface area (Å²) in [4.78, 5) is 39.1. The maximum atomic E-state index is 14.7. The molecule has 0 saturated carbocycles. The van der Waals surface area contributed by atoms with E-state index in [0.29, 0.717) is 39.1 Å². The third-order valence-corrected chi connectivity index (χ3v) is 16.4. The van der Waals surface area contributed by atoms with Crippen LogP contribution in [0.1, 0.15) is 218 Å². The van der Waals surface area contributed by atoms with E-state index in [2.05, 4.69) is 93.2 Å². The third-order valence-electron chi connectivity index (χ3n) is 16.4. The molecular formula is C46H88N2O6. The molecule has 0 bridgehead atoms. The first-order chi connectivity index (χ1) is 25.2. The molecule has 2 atom stereocenters. The van der Waals surface area contributed by atoms with Gasteiger partial charge in [-0.3, -0.25) is 19.3 Å². The summed E-state index contributed by atoms with van der Waals surface area (Å²) in [6.07, 6.45) is 20.9. The second-order valence-corrected chi connectivity index (χ2v) is 19.8. The third kappa shape index (κ3) is 10.1. The van der Waals surface area contributed by atoms with Crippen LogP contribution in [0, 0.1) is 27.1 Å². The maximum absolute atomic E-state index is 14.7. The van der Waals surface area contributed by atoms with Crippen molar-refractivity contribution in [3.05, 3.63) is 0 Å². The van der Waals surface area contributed by atoms with Gasteiger partial charge in [0.2, 0.25) is 0 Å². The molecule has 0 aromatic heterocycles. The number of rotatable bonds is 27. The molecule has 2 N–H and O–H groups in total. The lowest BCUT2D eigenvalue weighted by Crippen LogP contribution is -2.77. The van der Waals surface area contributed by atoms with Gasteiger partial charge >= 0.3 is 11.9 Å². The molecule has 2 saturated heterocycles. The highest BCUT2D eigenvalue weighted by atomic mass is 16.7. The minimum Gasteiger partial charge on any atom is -0.481 e. The van der Waals surface area contributed by atoms with Crippen molar-refractivity contribution in [2.24, 2.45) is 27.1 Å². The van der Waals surface area contributed by atoms with Crippen molar-refractivity contribution in [3.63, 3.8) is 0 Å². The van der Waals surface area contributed by atoms with E-state index in [1.807, 2.05) is 0 Å². The van der Waals surface area contributed by atoms with Gasteiger partial charge in [0, 0.05) is 30.6 Å². The first-order valence-corrected chi connectivity index (χ1v) is 22.5. The van der Waals surface area contributed by atoms with Crippen molar-refractivity contribution in [1.29, 1.82) is 0 Å². The number of nitrogens with zero attached hydrogens (tertiary/aromatic N) is 2. The van der Waals surface area contributed by atoms with Crippen molar-refractivity contribution < 1.29 is 29.5 Å². The Bertz CT molecular complexity index is 1070. The van der Waals surface area contributed by atoms with Gasteiger partial charge in [-0.1, -0.05) is 145 Å². The van der Waals surface area contributed by atoms with Crippen LogP contribution in [0.25, 0.3) is 0 Å². The van der Waals surface area contributed by atoms with Crippen LogP contribution in [-0.2, 0) is 19.3 Å². The fourth-order valence-corrected chi connectivity index (χ4v) is 10.8. The number of hydrogen-bond donors (Lipinski definition) is 2. The highest BCUT2D eigenvalue weighted by molar-refractivity contribution is 5.78. The average molecular weight is 765 g/mol. The number of hydrogen-bond acceptors (Lipinski definition) is 6. The van der Waals surface area contributed by atoms with E-state index in [0.717, 1.165) is 51.4 Å². The molecule has 2 fully saturated rings. The molecule has 0 spiro atoms. The number of hydroxylamine groups is 4. The Hall–Kier alpha value is -1.22. The molecule has 2 rings (SSSR count). The fourth-order valence-electron chi connectivity index (χ4n) is 10.8. The van der Waals surface area contributed by atoms with Gasteiger partial charge in [0.1, 0.15) is 0 Å². The second kappa shape index (κ2) is 21.0. The molecule has 0 aromatic rings. The predicted octanol–water partition coefficient (Wildman–Crippen LogP) is 12.5. The second-order valence-electron chi connectivity index (χ2n) is 19.8. The Kier molecular flexibility index (Phi) is 19.0. The summed E-state index contributed by atoms with van der Waals surface area (Å²) in [7, 11) is 0. The molecule has 2 aliphatic heterocycles. The lowest BCUT2D eigenvalue weighted by molar-refractivity contribution is -0.340. The minimum atomic E-state index is -1.06. The molecule has 8 nitrogen and oxygen atoms in total. The van der Waals surface area contributed by atoms with E-state index in [1.165, 1.54) is 64.2 Å². The zero-order chi connectivity index (χ0) is 40.9. The Labute approximate surface area is 333 Å². The number of carbonyl (C=O) groups is 2. The first-order valence-electron chi connectivity index (χ1n) is 22.5. The van der Waals surface area contributed by atoms with E-state index in [4.69, 9.17) is 14.8 Å². The van der Waals surface area contributed by atoms with Gasteiger partial charge < -0.3 is 10.2 Å². The van der Waals surface area contributed by atoms with Crippen molar-refractivity contribution in [3.8, 4) is 0 Å². The number of unbranched alkanes of at least 4 members (excludes halogenated alkanes) is 14. The number of carboxylic acids is 2. The summed E-state index contributed by atoms with van der Waals surface area (Å²) in [5.74, 6) is -1.42. The van der Waals surface area contributed by atoms with Gasteiger partial charge in [-0.25, -0.2) is 0 Å². The maximum Gasteiger partial charge on any atom is 0.310 e. The van der Waals surface area contributed by atoms with E-state index in [9.17, 15) is 14.7 Å². The van der Waals surface area contributed by atoms with Gasteiger partial charge in [0.15, 0.2) is 0 Å². The number of aliphatic carboxylic acids is 2. The van der Waals surface area contributed by atoms with Crippen LogP contribution in [0.4, 0.5) is 0 Å². The van der Waals surface area contributed by atoms with Gasteiger partial charge in [-0.05, 0) is 87.9 Å². The number of piperidine rings is 2. The Morgan fingerprint density at radius 3 is 1.26 bits per heavy atom. The van der Waals surface area contributed by atoms with Gasteiger partial charge in [0.05, 0.1) is 18.6 Å². The summed E-state index contributed by atoms with van der Waals surface area (Å²) < 4.78 is 0. The fraction of sp³-hybridized carbons (Fsp3) is 0.957. The molecule has 2 unspecified atom stereocenters. The van der Waals surface area contributed by atoms with Crippen molar-refractivity contribution >= 4 is 11.9 Å². The van der Waals surface area contributed by atoms with Crippen LogP contribution in [0.15, 0.2) is 0 Å². The summed E-state index contributed by atoms with van der Waals surface area (Å²) >= 11 is 0. The molecule has 0 amide bonds. The minimum absolute atomic E-state index is 0.191. The quantitative estimate of drug-likeness (QED) is 0.0798. The molecule has 2 aliphatic rings. The van der Waals surface area contributed by atoms with E-state index < -0.39 is 50.1 Å². The first kappa shape index (κ1) is 48.9. The molecular weight excluding hydrogens is 677 g/mol. The van der Waals surface area contributed by atoms with Crippen molar-refractivity contribution in [2.75, 3.05) is 26.3 Å². The van der Waals surface area contributed by atoms with Crippen LogP contribution >= 0.6 is 0 Å². The molecule has 8 heteroatoms. The van der Waals surface area contributed by atoms with E-state index in [1.54, 1.807) is 0 Å². The van der Waals surface area contributed by atoms with Crippen LogP contribution < -0.4 is 0 Å². The van der Waals surface area contributed by atoms with Crippen LogP contribution in [0.3, 0.4) is 0 Å². The average Bonchev–Trinajstić information content (AvgIpc) is 3.09. The summed E-state index contributed by atoms with van der Waals surface area (Å²) in [6.45, 7) is 30.3. The van der Waals surface area contributed by atoms with E-state index >= 15 is 0 Å². The van der Waals surface area contributed by atoms with Gasteiger partial charge in [0.25, 0.3) is 0 Å². The van der Waals surface area contributed by atoms with Gasteiger partial charge in [-0.15, -0.1) is 0 Å². The molecule has 0 radical (unpaired) electrons. The topological polar surface area (TPSA) is 99.5 Å². The number of carboxylic acid groups (broad SMARTS) is 2. The standard InChI is InChI=1S/C46H88N2O6/c1-13-15-17-19-24-28-36-53-47-34-32-44(11,40(3,4)42(47,7)8)46(39(51)52,31-27-23-21-22-26-30-38(49)50)45(12)33-35-48(43(9,10)41(45,5)6)54-37-29-25-20-18-16-14-2/h13-37H2,1-12H3,(H,49,50)(H,51,52). The molecule has 318 valence electrons. The molecule has 2 heterocycles. The van der Waals surface area contributed by atoms with E-state index in [-0.39, 0.29) is 6.42 Å². The van der Waals surface area contributed by atoms with Crippen molar-refractivity contribution in [1.82, 2.24) is 10.1 Å². The zero-order valence-electron chi connectivity index (χ0n) is 37.6. The predicted molar refractivity (Wildman–Crippen MR) is 223 cm³/mol. The Morgan fingerprint density at radius 2 is 0.889 bits per heavy atom. The smallest absolute Gasteiger partial charge is 0.310 e. The van der Waals surface area contributed by atoms with Crippen LogP contribution in [-0.4, -0.2) is 69.7 Å². The SMILES string of the molecule is CCCCCCCCON1CCC(C)(C(CCCCCCCC(=O)O)(C(=O)O)C2(C)CCN(OCCCCCCCC)C(C)(C)C2(C)C)C(C)(C)C1(C)C. The molecule has 54 heavy (non-hydrogen) atoms. The van der Waals surface area contributed by atoms with Crippen LogP contribution in [0.5, 0.6) is 0 Å². The summed E-state index contributed by atoms with van der Waals surface area (Å²) in [5.41, 5.74) is -3.93. The normalized spacial score (nSPS) is 26.4. The highest BCUT2D eigenvalue weighted by Crippen LogP contribution is 2.74. The lowest BCUT2D eigenvalue weighted by atomic mass is 9.33. The van der Waals surface area contributed by atoms with Crippen molar-refractivity contribution in [2.45, 2.75) is 229 Å².